The summed E-state index contributed by atoms with van der Waals surface area (Å²) in [7, 11) is 1.30. The molecule has 0 saturated carbocycles. The minimum atomic E-state index is -2.14. The zero-order chi connectivity index (χ0) is 35.8. The lowest BCUT2D eigenvalue weighted by Gasteiger charge is -2.25. The van der Waals surface area contributed by atoms with E-state index in [1.807, 2.05) is 0 Å². The fourth-order valence-corrected chi connectivity index (χ4v) is 6.02. The molecule has 0 spiro atoms. The summed E-state index contributed by atoms with van der Waals surface area (Å²) in [6.07, 6.45) is 4.54. The SMILES string of the molecule is CCC(C)c1ccc(OC(C)(C)C)cc1.CCC(C)c1ccc(OC(C)(C)CC)cc1.CCC(C)c1ccc([Si](C)(OC)OC)cc1. The molecule has 264 valence electrons. The highest BCUT2D eigenvalue weighted by Crippen LogP contribution is 2.26. The highest BCUT2D eigenvalue weighted by atomic mass is 28.4. The molecule has 3 unspecified atom stereocenters. The normalized spacial score (nSPS) is 13.7. The number of ether oxygens (including phenoxy) is 2. The number of hydrogen-bond donors (Lipinski definition) is 0. The van der Waals surface area contributed by atoms with Crippen molar-refractivity contribution in [3.8, 4) is 11.5 Å². The standard InChI is InChI=1S/C15H24O.C14H22O.C13H22O2Si/c1-6-12(3)13-8-10-14(11-9-13)16-15(4,5)7-2;1-6-11(2)12-7-9-13(10-8-12)15-14(3,4)5;1-6-11(2)12-7-9-13(10-8-12)16(5,14-3)15-4/h8-12H,6-7H2,1-5H3;7-11H,6H2,1-5H3;7-11H,6H2,1-5H3. The van der Waals surface area contributed by atoms with Crippen molar-refractivity contribution in [3.05, 3.63) is 89.5 Å². The molecule has 3 atom stereocenters. The van der Waals surface area contributed by atoms with Gasteiger partial charge in [-0.25, -0.2) is 0 Å². The second kappa shape index (κ2) is 20.0. The predicted molar refractivity (Wildman–Crippen MR) is 206 cm³/mol. The third kappa shape index (κ3) is 15.0. The Morgan fingerprint density at radius 3 is 1.13 bits per heavy atom. The van der Waals surface area contributed by atoms with Gasteiger partial charge in [0.1, 0.15) is 22.7 Å². The third-order valence-corrected chi connectivity index (χ3v) is 12.1. The number of hydrogen-bond acceptors (Lipinski definition) is 4. The Balaban J connectivity index is 0.000000353. The Bertz CT molecular complexity index is 1240. The van der Waals surface area contributed by atoms with Gasteiger partial charge in [-0.3, -0.25) is 0 Å². The van der Waals surface area contributed by atoms with E-state index in [4.69, 9.17) is 18.3 Å². The van der Waals surface area contributed by atoms with Crippen LogP contribution in [0.25, 0.3) is 0 Å². The molecule has 0 heterocycles. The van der Waals surface area contributed by atoms with E-state index in [0.717, 1.165) is 17.9 Å². The molecule has 0 saturated heterocycles. The molecule has 3 aromatic carbocycles. The van der Waals surface area contributed by atoms with Gasteiger partial charge in [-0.1, -0.05) is 97.0 Å². The first-order valence-electron chi connectivity index (χ1n) is 17.8. The van der Waals surface area contributed by atoms with E-state index in [-0.39, 0.29) is 11.2 Å². The monoisotopic (exact) mass is 664 g/mol. The van der Waals surface area contributed by atoms with Crippen LogP contribution in [0.3, 0.4) is 0 Å². The van der Waals surface area contributed by atoms with Crippen LogP contribution in [0.15, 0.2) is 72.8 Å². The highest BCUT2D eigenvalue weighted by Gasteiger charge is 2.31. The molecule has 4 nitrogen and oxygen atoms in total. The Kier molecular flexibility index (Phi) is 18.1. The molecule has 0 aliphatic rings. The molecule has 5 heteroatoms. The van der Waals surface area contributed by atoms with Crippen LogP contribution in [0.2, 0.25) is 6.55 Å². The van der Waals surface area contributed by atoms with E-state index in [2.05, 4.69) is 162 Å². The van der Waals surface area contributed by atoms with Gasteiger partial charge in [0.15, 0.2) is 0 Å². The van der Waals surface area contributed by atoms with Crippen LogP contribution in [0, 0.1) is 0 Å². The molecule has 3 rings (SSSR count). The Labute approximate surface area is 290 Å². The van der Waals surface area contributed by atoms with Crippen LogP contribution >= 0.6 is 0 Å². The van der Waals surface area contributed by atoms with E-state index >= 15 is 0 Å². The van der Waals surface area contributed by atoms with Crippen LogP contribution in [-0.2, 0) is 8.85 Å². The van der Waals surface area contributed by atoms with Gasteiger partial charge in [0, 0.05) is 14.2 Å². The summed E-state index contributed by atoms with van der Waals surface area (Å²) in [5, 5.41) is 1.18. The van der Waals surface area contributed by atoms with E-state index in [1.165, 1.54) is 41.1 Å². The van der Waals surface area contributed by atoms with Gasteiger partial charge >= 0.3 is 8.56 Å². The second-order valence-electron chi connectivity index (χ2n) is 14.5. The fourth-order valence-electron chi connectivity index (χ4n) is 4.61. The van der Waals surface area contributed by atoms with Crippen molar-refractivity contribution in [2.45, 2.75) is 144 Å². The summed E-state index contributed by atoms with van der Waals surface area (Å²) >= 11 is 0. The Morgan fingerprint density at radius 2 is 0.851 bits per heavy atom. The minimum Gasteiger partial charge on any atom is -0.488 e. The molecule has 0 aliphatic carbocycles. The van der Waals surface area contributed by atoms with E-state index in [9.17, 15) is 0 Å². The first-order valence-corrected chi connectivity index (χ1v) is 20.1. The first-order chi connectivity index (χ1) is 22.0. The second-order valence-corrected chi connectivity index (χ2v) is 17.8. The van der Waals surface area contributed by atoms with Gasteiger partial charge in [0.2, 0.25) is 0 Å². The van der Waals surface area contributed by atoms with Gasteiger partial charge in [0.05, 0.1) is 0 Å². The molecule has 0 radical (unpaired) electrons. The van der Waals surface area contributed by atoms with Gasteiger partial charge in [-0.2, -0.15) is 0 Å². The van der Waals surface area contributed by atoms with Crippen molar-refractivity contribution in [2.75, 3.05) is 14.2 Å². The molecular formula is C42H68O4Si. The molecule has 47 heavy (non-hydrogen) atoms. The van der Waals surface area contributed by atoms with Crippen LogP contribution in [0.4, 0.5) is 0 Å². The van der Waals surface area contributed by atoms with Crippen molar-refractivity contribution in [2.24, 2.45) is 0 Å². The Hall–Kier alpha value is -2.60. The number of rotatable bonds is 13. The quantitative estimate of drug-likeness (QED) is 0.170. The van der Waals surface area contributed by atoms with E-state index in [1.54, 1.807) is 14.2 Å². The molecule has 3 aromatic rings. The predicted octanol–water partition coefficient (Wildman–Crippen LogP) is 11.9. The average Bonchev–Trinajstić information content (AvgIpc) is 3.07. The van der Waals surface area contributed by atoms with Crippen LogP contribution in [0.1, 0.15) is 143 Å². The van der Waals surface area contributed by atoms with Crippen molar-refractivity contribution >= 4 is 13.7 Å². The molecule has 0 aromatic heterocycles. The lowest BCUT2D eigenvalue weighted by molar-refractivity contribution is 0.105. The fraction of sp³-hybridized carbons (Fsp3) is 0.571. The summed E-state index contributed by atoms with van der Waals surface area (Å²) < 4.78 is 22.7. The average molecular weight is 665 g/mol. The van der Waals surface area contributed by atoms with Gasteiger partial charge in [-0.15, -0.1) is 0 Å². The molecule has 0 fully saturated rings. The summed E-state index contributed by atoms with van der Waals surface area (Å²) in [5.41, 5.74) is 3.98. The van der Waals surface area contributed by atoms with E-state index in [0.29, 0.717) is 17.8 Å². The zero-order valence-corrected chi connectivity index (χ0v) is 33.6. The molecule has 0 bridgehead atoms. The van der Waals surface area contributed by atoms with Crippen LogP contribution < -0.4 is 14.7 Å². The Morgan fingerprint density at radius 1 is 0.532 bits per heavy atom. The van der Waals surface area contributed by atoms with Crippen molar-refractivity contribution < 1.29 is 18.3 Å². The lowest BCUT2D eigenvalue weighted by Crippen LogP contribution is -2.49. The maximum atomic E-state index is 5.92. The van der Waals surface area contributed by atoms with Gasteiger partial charge in [0.25, 0.3) is 0 Å². The largest absolute Gasteiger partial charge is 0.488 e. The van der Waals surface area contributed by atoms with E-state index < -0.39 is 8.56 Å². The molecule has 0 aliphatic heterocycles. The van der Waals surface area contributed by atoms with Crippen molar-refractivity contribution in [3.63, 3.8) is 0 Å². The highest BCUT2D eigenvalue weighted by molar-refractivity contribution is 6.79. The van der Waals surface area contributed by atoms with Gasteiger partial charge in [-0.05, 0) is 131 Å². The topological polar surface area (TPSA) is 36.9 Å². The summed E-state index contributed by atoms with van der Waals surface area (Å²) in [4.78, 5) is 0. The van der Waals surface area contributed by atoms with Crippen molar-refractivity contribution in [1.82, 2.24) is 0 Å². The summed E-state index contributed by atoms with van der Waals surface area (Å²) in [6.45, 7) is 28.0. The van der Waals surface area contributed by atoms with Crippen LogP contribution in [-0.4, -0.2) is 34.0 Å². The smallest absolute Gasteiger partial charge is 0.368 e. The van der Waals surface area contributed by atoms with Crippen LogP contribution in [0.5, 0.6) is 11.5 Å². The lowest BCUT2D eigenvalue weighted by atomic mass is 9.99. The zero-order valence-electron chi connectivity index (χ0n) is 32.6. The third-order valence-electron chi connectivity index (χ3n) is 9.19. The molecule has 0 N–H and O–H groups in total. The minimum absolute atomic E-state index is 0.0715. The first kappa shape index (κ1) is 42.4. The summed E-state index contributed by atoms with van der Waals surface area (Å²) in [5.74, 6) is 3.81. The molecular weight excluding hydrogens is 597 g/mol. The van der Waals surface area contributed by atoms with Crippen molar-refractivity contribution in [1.29, 1.82) is 0 Å². The summed E-state index contributed by atoms with van der Waals surface area (Å²) in [6, 6.07) is 25.6. The molecule has 0 amide bonds. The maximum Gasteiger partial charge on any atom is 0.368 e. The van der Waals surface area contributed by atoms with Gasteiger partial charge < -0.3 is 18.3 Å². The maximum absolute atomic E-state index is 5.92. The number of benzene rings is 3.